The van der Waals surface area contributed by atoms with Gasteiger partial charge in [-0.25, -0.2) is 0 Å². The zero-order valence-corrected chi connectivity index (χ0v) is 20.7. The topological polar surface area (TPSA) is 48.9 Å². The predicted octanol–water partition coefficient (Wildman–Crippen LogP) is 3.66. The van der Waals surface area contributed by atoms with Gasteiger partial charge < -0.3 is 15.4 Å². The number of fused-ring (bicyclic) bond motifs is 1. The van der Waals surface area contributed by atoms with Crippen LogP contribution in [0.3, 0.4) is 0 Å². The van der Waals surface area contributed by atoms with Gasteiger partial charge in [0.2, 0.25) is 0 Å². The van der Waals surface area contributed by atoms with Crippen molar-refractivity contribution >= 4 is 29.9 Å². The molecule has 0 aromatic heterocycles. The average Bonchev–Trinajstić information content (AvgIpc) is 3.27. The van der Waals surface area contributed by atoms with Crippen LogP contribution < -0.4 is 10.6 Å². The number of aliphatic imine (C=N–C) groups is 1. The van der Waals surface area contributed by atoms with Crippen molar-refractivity contribution in [2.45, 2.75) is 37.3 Å². The molecule has 0 spiro atoms. The van der Waals surface area contributed by atoms with Crippen LogP contribution in [0.1, 0.15) is 29.9 Å². The van der Waals surface area contributed by atoms with Crippen molar-refractivity contribution in [2.75, 3.05) is 39.8 Å². The van der Waals surface area contributed by atoms with Gasteiger partial charge in [-0.1, -0.05) is 60.7 Å². The predicted molar refractivity (Wildman–Crippen MR) is 138 cm³/mol. The van der Waals surface area contributed by atoms with E-state index in [2.05, 4.69) is 81.2 Å². The van der Waals surface area contributed by atoms with Gasteiger partial charge in [-0.3, -0.25) is 9.89 Å². The molecular formula is C25H35IN4O. The molecule has 0 bridgehead atoms. The van der Waals surface area contributed by atoms with E-state index in [0.717, 1.165) is 38.6 Å². The lowest BCUT2D eigenvalue weighted by Crippen LogP contribution is -2.51. The molecule has 0 radical (unpaired) electrons. The van der Waals surface area contributed by atoms with Crippen molar-refractivity contribution in [1.82, 2.24) is 15.5 Å². The summed E-state index contributed by atoms with van der Waals surface area (Å²) in [5.74, 6) is 1.22. The standard InChI is InChI=1S/C25H34N4O.HI/c1-26-25(28-17-24-18-29-14-8-13-23(29)19-30-24)27-16-22(21-11-6-3-7-12-21)15-20-9-4-2-5-10-20;/h2-7,9-12,22-24H,8,13-19H2,1H3,(H2,26,27,28);1H. The first-order valence-electron chi connectivity index (χ1n) is 11.2. The molecular weight excluding hydrogens is 499 g/mol. The highest BCUT2D eigenvalue weighted by molar-refractivity contribution is 14.0. The Kier molecular flexibility index (Phi) is 9.61. The minimum atomic E-state index is 0. The Morgan fingerprint density at radius 2 is 1.84 bits per heavy atom. The van der Waals surface area contributed by atoms with Gasteiger partial charge in [0.25, 0.3) is 0 Å². The maximum Gasteiger partial charge on any atom is 0.191 e. The molecule has 0 amide bonds. The Morgan fingerprint density at radius 1 is 1.10 bits per heavy atom. The molecule has 168 valence electrons. The van der Waals surface area contributed by atoms with Crippen molar-refractivity contribution in [3.63, 3.8) is 0 Å². The number of rotatable bonds is 7. The number of ether oxygens (including phenoxy) is 1. The van der Waals surface area contributed by atoms with Crippen molar-refractivity contribution < 1.29 is 4.74 Å². The van der Waals surface area contributed by atoms with Gasteiger partial charge in [0, 0.05) is 38.6 Å². The van der Waals surface area contributed by atoms with Crippen LogP contribution in [-0.4, -0.2) is 62.8 Å². The average molecular weight is 534 g/mol. The van der Waals surface area contributed by atoms with Crippen LogP contribution in [-0.2, 0) is 11.2 Å². The monoisotopic (exact) mass is 534 g/mol. The van der Waals surface area contributed by atoms with Crippen molar-refractivity contribution in [3.05, 3.63) is 71.8 Å². The first-order chi connectivity index (χ1) is 14.8. The Balaban J connectivity index is 0.00000272. The van der Waals surface area contributed by atoms with E-state index in [1.165, 1.54) is 30.5 Å². The molecule has 6 heteroatoms. The lowest BCUT2D eigenvalue weighted by Gasteiger charge is -2.35. The summed E-state index contributed by atoms with van der Waals surface area (Å²) in [5.41, 5.74) is 2.70. The quantitative estimate of drug-likeness (QED) is 0.324. The summed E-state index contributed by atoms with van der Waals surface area (Å²) >= 11 is 0. The van der Waals surface area contributed by atoms with Crippen LogP contribution in [0.5, 0.6) is 0 Å². The minimum absolute atomic E-state index is 0. The van der Waals surface area contributed by atoms with Crippen LogP contribution in [0.15, 0.2) is 65.7 Å². The Bertz CT molecular complexity index is 802. The van der Waals surface area contributed by atoms with Gasteiger partial charge in [-0.05, 0) is 36.9 Å². The van der Waals surface area contributed by atoms with Gasteiger partial charge >= 0.3 is 0 Å². The van der Waals surface area contributed by atoms with Crippen LogP contribution in [0.25, 0.3) is 0 Å². The number of guanidine groups is 1. The molecule has 3 atom stereocenters. The number of halogens is 1. The van der Waals surface area contributed by atoms with E-state index >= 15 is 0 Å². The molecule has 3 unspecified atom stereocenters. The van der Waals surface area contributed by atoms with Crippen molar-refractivity contribution in [2.24, 2.45) is 4.99 Å². The third kappa shape index (κ3) is 6.92. The van der Waals surface area contributed by atoms with Gasteiger partial charge in [0.1, 0.15) is 0 Å². The van der Waals surface area contributed by atoms with Crippen LogP contribution in [0, 0.1) is 0 Å². The molecule has 2 aromatic carbocycles. The molecule has 0 aliphatic carbocycles. The van der Waals surface area contributed by atoms with E-state index in [9.17, 15) is 0 Å². The third-order valence-electron chi connectivity index (χ3n) is 6.29. The lowest BCUT2D eigenvalue weighted by atomic mass is 9.92. The molecule has 2 aromatic rings. The second-order valence-electron chi connectivity index (χ2n) is 8.38. The highest BCUT2D eigenvalue weighted by Gasteiger charge is 2.32. The summed E-state index contributed by atoms with van der Waals surface area (Å²) in [6.07, 6.45) is 3.81. The molecule has 0 saturated carbocycles. The molecule has 2 fully saturated rings. The van der Waals surface area contributed by atoms with Gasteiger partial charge in [-0.15, -0.1) is 24.0 Å². The summed E-state index contributed by atoms with van der Waals surface area (Å²) in [6, 6.07) is 22.1. The third-order valence-corrected chi connectivity index (χ3v) is 6.29. The Hall–Kier alpha value is -1.64. The summed E-state index contributed by atoms with van der Waals surface area (Å²) in [4.78, 5) is 7.02. The highest BCUT2D eigenvalue weighted by atomic mass is 127. The largest absolute Gasteiger partial charge is 0.373 e. The molecule has 2 saturated heterocycles. The maximum atomic E-state index is 6.07. The first-order valence-corrected chi connectivity index (χ1v) is 11.2. The number of hydrogen-bond donors (Lipinski definition) is 2. The van der Waals surface area contributed by atoms with Crippen LogP contribution in [0.2, 0.25) is 0 Å². The van der Waals surface area contributed by atoms with Crippen molar-refractivity contribution in [1.29, 1.82) is 0 Å². The fraction of sp³-hybridized carbons (Fsp3) is 0.480. The van der Waals surface area contributed by atoms with E-state index in [4.69, 9.17) is 4.74 Å². The lowest BCUT2D eigenvalue weighted by molar-refractivity contribution is -0.0453. The maximum absolute atomic E-state index is 6.07. The summed E-state index contributed by atoms with van der Waals surface area (Å²) in [7, 11) is 1.84. The number of hydrogen-bond acceptors (Lipinski definition) is 3. The van der Waals surface area contributed by atoms with Gasteiger partial charge in [0.05, 0.1) is 12.7 Å². The van der Waals surface area contributed by atoms with E-state index in [0.29, 0.717) is 12.0 Å². The highest BCUT2D eigenvalue weighted by Crippen LogP contribution is 2.22. The number of nitrogens with one attached hydrogen (secondary N) is 2. The normalized spacial score (nSPS) is 22.3. The zero-order valence-electron chi connectivity index (χ0n) is 18.4. The first kappa shape index (κ1) is 24.0. The zero-order chi connectivity index (χ0) is 20.6. The Morgan fingerprint density at radius 3 is 2.58 bits per heavy atom. The molecule has 5 nitrogen and oxygen atoms in total. The number of nitrogens with zero attached hydrogens (tertiary/aromatic N) is 2. The molecule has 31 heavy (non-hydrogen) atoms. The Labute approximate surface area is 203 Å². The van der Waals surface area contributed by atoms with Crippen molar-refractivity contribution in [3.8, 4) is 0 Å². The number of morpholine rings is 1. The van der Waals surface area contributed by atoms with E-state index in [1.54, 1.807) is 0 Å². The van der Waals surface area contributed by atoms with Gasteiger partial charge in [0.15, 0.2) is 5.96 Å². The smallest absolute Gasteiger partial charge is 0.191 e. The van der Waals surface area contributed by atoms with Gasteiger partial charge in [-0.2, -0.15) is 0 Å². The van der Waals surface area contributed by atoms with E-state index in [1.807, 2.05) is 7.05 Å². The molecule has 2 aliphatic heterocycles. The molecule has 2 N–H and O–H groups in total. The summed E-state index contributed by atoms with van der Waals surface area (Å²) < 4.78 is 6.07. The molecule has 2 aliphatic rings. The second-order valence-corrected chi connectivity index (χ2v) is 8.38. The minimum Gasteiger partial charge on any atom is -0.373 e. The summed E-state index contributed by atoms with van der Waals surface area (Å²) in [5, 5.41) is 7.02. The second kappa shape index (κ2) is 12.4. The number of benzene rings is 2. The fourth-order valence-corrected chi connectivity index (χ4v) is 4.59. The SMILES string of the molecule is CN=C(NCC1CN2CCCC2CO1)NCC(Cc1ccccc1)c1ccccc1.I. The summed E-state index contributed by atoms with van der Waals surface area (Å²) in [6.45, 7) is 4.73. The van der Waals surface area contributed by atoms with Crippen LogP contribution >= 0.6 is 24.0 Å². The van der Waals surface area contributed by atoms with Crippen LogP contribution in [0.4, 0.5) is 0 Å². The molecule has 4 rings (SSSR count). The molecule has 2 heterocycles. The van der Waals surface area contributed by atoms with E-state index in [-0.39, 0.29) is 30.1 Å². The fourth-order valence-electron chi connectivity index (χ4n) is 4.59. The van der Waals surface area contributed by atoms with E-state index < -0.39 is 0 Å².